The van der Waals surface area contributed by atoms with Gasteiger partial charge in [0, 0.05) is 20.0 Å². The summed E-state index contributed by atoms with van der Waals surface area (Å²) in [5.41, 5.74) is 5.52. The van der Waals surface area contributed by atoms with E-state index in [1.807, 2.05) is 49.2 Å². The number of carboxylic acids is 1. The molecule has 3 aromatic carbocycles. The largest absolute Gasteiger partial charge is 0.487 e. The SMILES string of the molecule is CC1CN(C(=O)N(C)CCc2ccccc2)c2ccc(-c3ccc(C4CCC(CC(=O)O)CC4)cc3)cc2O1. The third-order valence-electron chi connectivity index (χ3n) is 8.18. The van der Waals surface area contributed by atoms with E-state index in [9.17, 15) is 9.59 Å². The molecule has 1 unspecified atom stereocenters. The Bertz CT molecular complexity index is 1280. The van der Waals surface area contributed by atoms with Crippen LogP contribution >= 0.6 is 0 Å². The number of carboxylic acid groups (broad SMARTS) is 1. The molecule has 1 heterocycles. The van der Waals surface area contributed by atoms with Crippen LogP contribution in [-0.4, -0.2) is 48.2 Å². The number of hydrogen-bond acceptors (Lipinski definition) is 3. The van der Waals surface area contributed by atoms with E-state index < -0.39 is 5.97 Å². The lowest BCUT2D eigenvalue weighted by atomic mass is 9.77. The summed E-state index contributed by atoms with van der Waals surface area (Å²) in [6.45, 7) is 3.17. The van der Waals surface area contributed by atoms with Gasteiger partial charge in [-0.1, -0.05) is 60.7 Å². The summed E-state index contributed by atoms with van der Waals surface area (Å²) in [6.07, 6.45) is 5.06. The molecule has 1 N–H and O–H groups in total. The van der Waals surface area contributed by atoms with Gasteiger partial charge < -0.3 is 14.7 Å². The Kier molecular flexibility index (Phi) is 8.20. The second kappa shape index (κ2) is 11.9. The van der Waals surface area contributed by atoms with Crippen LogP contribution in [0.3, 0.4) is 0 Å². The summed E-state index contributed by atoms with van der Waals surface area (Å²) in [7, 11) is 1.86. The number of rotatable bonds is 7. The zero-order chi connectivity index (χ0) is 27.4. The third kappa shape index (κ3) is 6.44. The number of nitrogens with zero attached hydrogens (tertiary/aromatic N) is 2. The predicted octanol–water partition coefficient (Wildman–Crippen LogP) is 6.98. The van der Waals surface area contributed by atoms with Crippen LogP contribution in [0.1, 0.15) is 56.1 Å². The molecule has 0 saturated heterocycles. The van der Waals surface area contributed by atoms with Crippen molar-refractivity contribution in [1.29, 1.82) is 0 Å². The lowest BCUT2D eigenvalue weighted by molar-refractivity contribution is -0.138. The summed E-state index contributed by atoms with van der Waals surface area (Å²) in [5.74, 6) is 0.854. The highest BCUT2D eigenvalue weighted by molar-refractivity contribution is 5.94. The Hall–Kier alpha value is -3.80. The van der Waals surface area contributed by atoms with Crippen LogP contribution < -0.4 is 9.64 Å². The average Bonchev–Trinajstić information content (AvgIpc) is 2.95. The maximum absolute atomic E-state index is 13.4. The van der Waals surface area contributed by atoms with Gasteiger partial charge in [0.15, 0.2) is 0 Å². The van der Waals surface area contributed by atoms with Gasteiger partial charge in [-0.25, -0.2) is 4.79 Å². The summed E-state index contributed by atoms with van der Waals surface area (Å²) in [6, 6.07) is 25.1. The van der Waals surface area contributed by atoms with Gasteiger partial charge in [-0.05, 0) is 85.3 Å². The molecule has 1 saturated carbocycles. The third-order valence-corrected chi connectivity index (χ3v) is 8.18. The maximum atomic E-state index is 13.4. The van der Waals surface area contributed by atoms with Crippen LogP contribution in [0, 0.1) is 5.92 Å². The molecule has 2 aliphatic rings. The number of carbonyl (C=O) groups excluding carboxylic acids is 1. The second-order valence-electron chi connectivity index (χ2n) is 11.1. The summed E-state index contributed by atoms with van der Waals surface area (Å²) in [5, 5.41) is 9.07. The molecule has 1 aliphatic heterocycles. The quantitative estimate of drug-likeness (QED) is 0.360. The molecule has 0 radical (unpaired) electrons. The smallest absolute Gasteiger partial charge is 0.324 e. The first-order valence-electron chi connectivity index (χ1n) is 14.1. The van der Waals surface area contributed by atoms with Crippen molar-refractivity contribution in [3.05, 3.63) is 83.9 Å². The Morgan fingerprint density at radius 1 is 0.949 bits per heavy atom. The average molecular weight is 527 g/mol. The molecule has 0 bridgehead atoms. The number of hydrogen-bond donors (Lipinski definition) is 1. The van der Waals surface area contributed by atoms with Crippen LogP contribution in [0.2, 0.25) is 0 Å². The zero-order valence-electron chi connectivity index (χ0n) is 22.9. The fourth-order valence-electron chi connectivity index (χ4n) is 5.94. The van der Waals surface area contributed by atoms with Gasteiger partial charge in [-0.15, -0.1) is 0 Å². The van der Waals surface area contributed by atoms with Gasteiger partial charge in [0.25, 0.3) is 0 Å². The van der Waals surface area contributed by atoms with Gasteiger partial charge in [0.1, 0.15) is 11.9 Å². The Morgan fingerprint density at radius 2 is 1.64 bits per heavy atom. The Morgan fingerprint density at radius 3 is 2.33 bits per heavy atom. The first-order valence-corrected chi connectivity index (χ1v) is 14.1. The number of aliphatic carboxylic acids is 1. The van der Waals surface area contributed by atoms with Crippen LogP contribution in [0.5, 0.6) is 5.75 Å². The molecule has 5 rings (SSSR count). The number of urea groups is 1. The van der Waals surface area contributed by atoms with E-state index in [0.29, 0.717) is 24.9 Å². The van der Waals surface area contributed by atoms with Crippen LogP contribution in [0.25, 0.3) is 11.1 Å². The standard InChI is InChI=1S/C33H38N2O4/c1-23-22-35(33(38)34(2)19-18-24-6-4-3-5-7-24)30-17-16-29(21-31(30)39-23)28-14-12-27(13-15-28)26-10-8-25(9-11-26)20-32(36)37/h3-7,12-17,21,23,25-26H,8-11,18-20,22H2,1-2H3,(H,36,37). The molecule has 6 nitrogen and oxygen atoms in total. The first kappa shape index (κ1) is 26.8. The van der Waals surface area contributed by atoms with Crippen LogP contribution in [0.4, 0.5) is 10.5 Å². The second-order valence-corrected chi connectivity index (χ2v) is 11.1. The Labute approximate surface area is 231 Å². The van der Waals surface area contributed by atoms with Crippen LogP contribution in [-0.2, 0) is 11.2 Å². The number of fused-ring (bicyclic) bond motifs is 1. The van der Waals surface area contributed by atoms with Gasteiger partial charge in [-0.2, -0.15) is 0 Å². The van der Waals surface area contributed by atoms with Crippen molar-refractivity contribution in [3.8, 4) is 16.9 Å². The number of likely N-dealkylation sites (N-methyl/N-ethyl adjacent to an activating group) is 1. The molecular formula is C33H38N2O4. The van der Waals surface area contributed by atoms with Crippen molar-refractivity contribution in [2.75, 3.05) is 25.0 Å². The number of carbonyl (C=O) groups is 2. The summed E-state index contributed by atoms with van der Waals surface area (Å²) >= 11 is 0. The van der Waals surface area contributed by atoms with Crippen molar-refractivity contribution < 1.29 is 19.4 Å². The molecule has 204 valence electrons. The molecule has 3 aromatic rings. The molecule has 0 aromatic heterocycles. The highest BCUT2D eigenvalue weighted by Crippen LogP contribution is 2.40. The highest BCUT2D eigenvalue weighted by Gasteiger charge is 2.30. The van der Waals surface area contributed by atoms with E-state index in [1.54, 1.807) is 4.90 Å². The fourth-order valence-corrected chi connectivity index (χ4v) is 5.94. The summed E-state index contributed by atoms with van der Waals surface area (Å²) < 4.78 is 6.19. The minimum absolute atomic E-state index is 0.0162. The van der Waals surface area contributed by atoms with E-state index >= 15 is 0 Å². The monoisotopic (exact) mass is 526 g/mol. The van der Waals surface area contributed by atoms with Crippen molar-refractivity contribution in [2.45, 2.75) is 57.5 Å². The predicted molar refractivity (Wildman–Crippen MR) is 154 cm³/mol. The van der Waals surface area contributed by atoms with Crippen molar-refractivity contribution in [1.82, 2.24) is 4.90 Å². The molecular weight excluding hydrogens is 488 g/mol. The number of benzene rings is 3. The molecule has 1 atom stereocenters. The van der Waals surface area contributed by atoms with Gasteiger partial charge in [-0.3, -0.25) is 9.69 Å². The maximum Gasteiger partial charge on any atom is 0.324 e. The van der Waals surface area contributed by atoms with E-state index in [1.165, 1.54) is 11.1 Å². The van der Waals surface area contributed by atoms with E-state index in [2.05, 4.69) is 42.5 Å². The van der Waals surface area contributed by atoms with E-state index in [-0.39, 0.29) is 18.6 Å². The normalized spacial score (nSPS) is 20.6. The van der Waals surface area contributed by atoms with Crippen molar-refractivity contribution in [3.63, 3.8) is 0 Å². The number of amides is 2. The van der Waals surface area contributed by atoms with Crippen LogP contribution in [0.15, 0.2) is 72.8 Å². The van der Waals surface area contributed by atoms with Crippen molar-refractivity contribution in [2.24, 2.45) is 5.92 Å². The van der Waals surface area contributed by atoms with Gasteiger partial charge in [0.2, 0.25) is 0 Å². The Balaban J connectivity index is 1.26. The lowest BCUT2D eigenvalue weighted by Crippen LogP contribution is -2.48. The summed E-state index contributed by atoms with van der Waals surface area (Å²) in [4.78, 5) is 28.1. The molecule has 2 amide bonds. The highest BCUT2D eigenvalue weighted by atomic mass is 16.5. The lowest BCUT2D eigenvalue weighted by Gasteiger charge is -2.36. The zero-order valence-corrected chi connectivity index (χ0v) is 22.9. The van der Waals surface area contributed by atoms with Gasteiger partial charge >= 0.3 is 12.0 Å². The number of ether oxygens (including phenoxy) is 1. The minimum atomic E-state index is -0.686. The van der Waals surface area contributed by atoms with Crippen molar-refractivity contribution >= 4 is 17.7 Å². The minimum Gasteiger partial charge on any atom is -0.487 e. The van der Waals surface area contributed by atoms with Gasteiger partial charge in [0.05, 0.1) is 12.2 Å². The fraction of sp³-hybridized carbons (Fsp3) is 0.394. The first-order chi connectivity index (χ1) is 18.9. The molecule has 39 heavy (non-hydrogen) atoms. The molecule has 1 fully saturated rings. The van der Waals surface area contributed by atoms with E-state index in [4.69, 9.17) is 9.84 Å². The molecule has 0 spiro atoms. The topological polar surface area (TPSA) is 70.1 Å². The number of anilines is 1. The van der Waals surface area contributed by atoms with E-state index in [0.717, 1.165) is 54.7 Å². The molecule has 6 heteroatoms. The molecule has 1 aliphatic carbocycles.